The average molecular weight is 487 g/mol. The molecular weight excluding hydrogens is 460 g/mol. The highest BCUT2D eigenvalue weighted by molar-refractivity contribution is 7.89. The average Bonchev–Trinajstić information content (AvgIpc) is 3.08. The summed E-state index contributed by atoms with van der Waals surface area (Å²) < 4.78 is 45.3. The Morgan fingerprint density at radius 2 is 1.82 bits per heavy atom. The molecule has 0 bridgehead atoms. The van der Waals surface area contributed by atoms with E-state index < -0.39 is 10.0 Å². The van der Waals surface area contributed by atoms with Crippen LogP contribution in [0.3, 0.4) is 0 Å². The first-order chi connectivity index (χ1) is 16.4. The molecule has 2 N–H and O–H groups in total. The van der Waals surface area contributed by atoms with E-state index in [1.165, 1.54) is 19.2 Å². The van der Waals surface area contributed by atoms with E-state index in [1.54, 1.807) is 36.1 Å². The van der Waals surface area contributed by atoms with Gasteiger partial charge in [-0.25, -0.2) is 13.1 Å². The number of amides is 1. The zero-order chi connectivity index (χ0) is 24.1. The topological polar surface area (TPSA) is 121 Å². The number of hydrogen-bond donors (Lipinski definition) is 2. The predicted octanol–water partition coefficient (Wildman–Crippen LogP) is 1.97. The smallest absolute Gasteiger partial charge is 0.255 e. The number of rotatable bonds is 8. The number of fused-ring (bicyclic) bond motifs is 1. The van der Waals surface area contributed by atoms with Gasteiger partial charge in [-0.1, -0.05) is 0 Å². The minimum Gasteiger partial charge on any atom is -0.497 e. The number of methoxy groups -OCH3 is 1. The maximum absolute atomic E-state index is 12.8. The molecule has 4 rings (SSSR count). The fraction of sp³-hybridized carbons (Fsp3) is 0.304. The number of benzene rings is 2. The van der Waals surface area contributed by atoms with Crippen molar-refractivity contribution in [2.75, 3.05) is 33.4 Å². The molecule has 0 unspecified atom stereocenters. The van der Waals surface area contributed by atoms with Crippen LogP contribution in [0.2, 0.25) is 0 Å². The SMILES string of the molecule is COc1ccc(S(=O)(=O)NCCNC(=O)c2cn(C)nc2-c2ccc3c(c2)OCCCO3)cc1. The van der Waals surface area contributed by atoms with E-state index >= 15 is 0 Å². The summed E-state index contributed by atoms with van der Waals surface area (Å²) >= 11 is 0. The summed E-state index contributed by atoms with van der Waals surface area (Å²) in [6.45, 7) is 1.27. The molecule has 10 nitrogen and oxygen atoms in total. The molecule has 2 aromatic carbocycles. The van der Waals surface area contributed by atoms with Crippen molar-refractivity contribution < 1.29 is 27.4 Å². The number of carbonyl (C=O) groups is 1. The van der Waals surface area contributed by atoms with Crippen molar-refractivity contribution in [3.05, 3.63) is 54.2 Å². The van der Waals surface area contributed by atoms with Gasteiger partial charge in [0.25, 0.3) is 5.91 Å². The van der Waals surface area contributed by atoms with Crippen LogP contribution >= 0.6 is 0 Å². The molecule has 0 spiro atoms. The first-order valence-electron chi connectivity index (χ1n) is 10.7. The van der Waals surface area contributed by atoms with Gasteiger partial charge in [-0.05, 0) is 42.5 Å². The number of nitrogens with zero attached hydrogens (tertiary/aromatic N) is 2. The highest BCUT2D eigenvalue weighted by Crippen LogP contribution is 2.34. The molecule has 11 heteroatoms. The van der Waals surface area contributed by atoms with Gasteiger partial charge in [0.2, 0.25) is 10.0 Å². The summed E-state index contributed by atoms with van der Waals surface area (Å²) in [5, 5.41) is 7.18. The quantitative estimate of drug-likeness (QED) is 0.467. The lowest BCUT2D eigenvalue weighted by molar-refractivity contribution is 0.0955. The maximum atomic E-state index is 12.8. The molecule has 1 aromatic heterocycles. The van der Waals surface area contributed by atoms with Gasteiger partial charge in [0.05, 0.1) is 30.8 Å². The van der Waals surface area contributed by atoms with Crippen molar-refractivity contribution in [1.29, 1.82) is 0 Å². The standard InChI is InChI=1S/C23H26N4O6S/c1-27-15-19(22(26-27)16-4-9-20-21(14-16)33-13-3-12-32-20)23(28)24-10-11-25-34(29,30)18-7-5-17(31-2)6-8-18/h4-9,14-15,25H,3,10-13H2,1-2H3,(H,24,28). The van der Waals surface area contributed by atoms with Crippen LogP contribution in [0.1, 0.15) is 16.8 Å². The van der Waals surface area contributed by atoms with E-state index in [-0.39, 0.29) is 23.9 Å². The first-order valence-corrected chi connectivity index (χ1v) is 12.2. The van der Waals surface area contributed by atoms with Crippen molar-refractivity contribution in [2.24, 2.45) is 7.05 Å². The highest BCUT2D eigenvalue weighted by atomic mass is 32.2. The van der Waals surface area contributed by atoms with Crippen molar-refractivity contribution in [1.82, 2.24) is 19.8 Å². The van der Waals surface area contributed by atoms with Gasteiger partial charge in [0.1, 0.15) is 11.4 Å². The molecule has 1 amide bonds. The van der Waals surface area contributed by atoms with Gasteiger partial charge in [0.15, 0.2) is 11.5 Å². The van der Waals surface area contributed by atoms with Crippen molar-refractivity contribution >= 4 is 15.9 Å². The third-order valence-corrected chi connectivity index (χ3v) is 6.64. The fourth-order valence-electron chi connectivity index (χ4n) is 3.47. The van der Waals surface area contributed by atoms with E-state index in [1.807, 2.05) is 12.1 Å². The molecule has 0 radical (unpaired) electrons. The molecule has 0 saturated heterocycles. The minimum atomic E-state index is -3.71. The lowest BCUT2D eigenvalue weighted by atomic mass is 10.1. The number of nitrogens with one attached hydrogen (secondary N) is 2. The van der Waals surface area contributed by atoms with Gasteiger partial charge >= 0.3 is 0 Å². The van der Waals surface area contributed by atoms with E-state index in [4.69, 9.17) is 14.2 Å². The van der Waals surface area contributed by atoms with Crippen molar-refractivity contribution in [3.8, 4) is 28.5 Å². The number of ether oxygens (including phenoxy) is 3. The molecule has 34 heavy (non-hydrogen) atoms. The second kappa shape index (κ2) is 10.1. The minimum absolute atomic E-state index is 0.0275. The van der Waals surface area contributed by atoms with Crippen LogP contribution in [-0.2, 0) is 17.1 Å². The Kier molecular flexibility index (Phi) is 7.03. The zero-order valence-electron chi connectivity index (χ0n) is 18.9. The second-order valence-corrected chi connectivity index (χ2v) is 9.37. The second-order valence-electron chi connectivity index (χ2n) is 7.61. The van der Waals surface area contributed by atoms with Crippen LogP contribution < -0.4 is 24.2 Å². The Labute approximate surface area is 197 Å². The molecule has 0 aliphatic carbocycles. The van der Waals surface area contributed by atoms with E-state index in [9.17, 15) is 13.2 Å². The molecule has 0 atom stereocenters. The molecule has 0 fully saturated rings. The van der Waals surface area contributed by atoms with Crippen LogP contribution in [0.15, 0.2) is 53.6 Å². The summed E-state index contributed by atoms with van der Waals surface area (Å²) in [5.41, 5.74) is 1.58. The molecular formula is C23H26N4O6S. The van der Waals surface area contributed by atoms with Crippen LogP contribution in [0.5, 0.6) is 17.2 Å². The Morgan fingerprint density at radius 3 is 2.56 bits per heavy atom. The molecule has 180 valence electrons. The lowest BCUT2D eigenvalue weighted by Crippen LogP contribution is -2.34. The molecule has 3 aromatic rings. The molecule has 2 heterocycles. The number of sulfonamides is 1. The summed E-state index contributed by atoms with van der Waals surface area (Å²) in [7, 11) is -0.470. The van der Waals surface area contributed by atoms with Crippen molar-refractivity contribution in [2.45, 2.75) is 11.3 Å². The Morgan fingerprint density at radius 1 is 1.09 bits per heavy atom. The number of carbonyl (C=O) groups excluding carboxylic acids is 1. The van der Waals surface area contributed by atoms with Crippen LogP contribution in [0, 0.1) is 0 Å². The highest BCUT2D eigenvalue weighted by Gasteiger charge is 2.20. The van der Waals surface area contributed by atoms with Gasteiger partial charge in [-0.15, -0.1) is 0 Å². The monoisotopic (exact) mass is 486 g/mol. The van der Waals surface area contributed by atoms with Gasteiger partial charge in [-0.2, -0.15) is 5.10 Å². The molecule has 0 saturated carbocycles. The predicted molar refractivity (Wildman–Crippen MR) is 125 cm³/mol. The van der Waals surface area contributed by atoms with Crippen LogP contribution in [0.4, 0.5) is 0 Å². The Balaban J connectivity index is 1.40. The van der Waals surface area contributed by atoms with Gasteiger partial charge in [-0.3, -0.25) is 9.48 Å². The largest absolute Gasteiger partial charge is 0.497 e. The zero-order valence-corrected chi connectivity index (χ0v) is 19.7. The van der Waals surface area contributed by atoms with Gasteiger partial charge < -0.3 is 19.5 Å². The third kappa shape index (κ3) is 5.32. The Hall–Kier alpha value is -3.57. The number of hydrogen-bond acceptors (Lipinski definition) is 7. The summed E-state index contributed by atoms with van der Waals surface area (Å²) in [6.07, 6.45) is 2.42. The van der Waals surface area contributed by atoms with E-state index in [0.717, 1.165) is 12.0 Å². The normalized spacial score (nSPS) is 13.2. The Bertz CT molecular complexity index is 1270. The van der Waals surface area contributed by atoms with E-state index in [2.05, 4.69) is 15.1 Å². The maximum Gasteiger partial charge on any atom is 0.255 e. The van der Waals surface area contributed by atoms with E-state index in [0.29, 0.717) is 41.7 Å². The van der Waals surface area contributed by atoms with Crippen molar-refractivity contribution in [3.63, 3.8) is 0 Å². The third-order valence-electron chi connectivity index (χ3n) is 5.17. The van der Waals surface area contributed by atoms with Gasteiger partial charge in [0, 0.05) is 38.3 Å². The summed E-state index contributed by atoms with van der Waals surface area (Å²) in [6, 6.07) is 11.5. The fourth-order valence-corrected chi connectivity index (χ4v) is 4.51. The summed E-state index contributed by atoms with van der Waals surface area (Å²) in [4.78, 5) is 13.0. The van der Waals surface area contributed by atoms with Crippen LogP contribution in [0.25, 0.3) is 11.3 Å². The molecule has 1 aliphatic rings. The lowest BCUT2D eigenvalue weighted by Gasteiger charge is -2.10. The summed E-state index contributed by atoms with van der Waals surface area (Å²) in [5.74, 6) is 1.47. The van der Waals surface area contributed by atoms with Crippen LogP contribution in [-0.4, -0.2) is 57.5 Å². The molecule has 1 aliphatic heterocycles. The first kappa shape index (κ1) is 23.6. The number of aryl methyl sites for hydroxylation is 1. The number of aromatic nitrogens is 2.